The Bertz CT molecular complexity index is 283. The largest absolute Gasteiger partial charge is 0.308 e. The smallest absolute Gasteiger partial charge is 0.0309 e. The van der Waals surface area contributed by atoms with Crippen LogP contribution < -0.4 is 5.32 Å². The van der Waals surface area contributed by atoms with E-state index in [1.165, 1.54) is 45.3 Å². The summed E-state index contributed by atoms with van der Waals surface area (Å²) in [6, 6.07) is 0.735. The van der Waals surface area contributed by atoms with Crippen molar-refractivity contribution < 1.29 is 0 Å². The molecule has 1 saturated heterocycles. The fraction of sp³-hybridized carbons (Fsp3) is 1.00. The molecule has 2 atom stereocenters. The van der Waals surface area contributed by atoms with Crippen LogP contribution in [0.5, 0.6) is 0 Å². The fourth-order valence-corrected chi connectivity index (χ4v) is 3.66. The van der Waals surface area contributed by atoms with Gasteiger partial charge in [-0.2, -0.15) is 0 Å². The third-order valence-corrected chi connectivity index (χ3v) is 5.19. The second kappa shape index (κ2) is 6.13. The molecule has 2 aliphatic rings. The first-order valence-corrected chi connectivity index (χ1v) is 8.41. The molecule has 112 valence electrons. The van der Waals surface area contributed by atoms with Gasteiger partial charge in [-0.3, -0.25) is 4.90 Å². The van der Waals surface area contributed by atoms with Gasteiger partial charge in [-0.1, -0.05) is 27.7 Å². The SMILES string of the molecule is CC(C)CCCN1CC(C)(C2CC2)NCC1C(C)C. The molecule has 0 spiro atoms. The van der Waals surface area contributed by atoms with Crippen LogP contribution in [0.2, 0.25) is 0 Å². The summed E-state index contributed by atoms with van der Waals surface area (Å²) in [6.45, 7) is 15.6. The number of hydrogen-bond acceptors (Lipinski definition) is 2. The zero-order valence-corrected chi connectivity index (χ0v) is 13.7. The molecule has 2 fully saturated rings. The lowest BCUT2D eigenvalue weighted by molar-refractivity contribution is 0.0505. The van der Waals surface area contributed by atoms with Crippen LogP contribution in [-0.2, 0) is 0 Å². The number of rotatable bonds is 6. The molecule has 1 aliphatic heterocycles. The molecule has 2 rings (SSSR count). The van der Waals surface area contributed by atoms with Crippen molar-refractivity contribution in [2.45, 2.75) is 71.9 Å². The normalized spacial score (nSPS) is 33.3. The monoisotopic (exact) mass is 266 g/mol. The van der Waals surface area contributed by atoms with E-state index >= 15 is 0 Å². The third-order valence-electron chi connectivity index (χ3n) is 5.19. The molecule has 0 bridgehead atoms. The van der Waals surface area contributed by atoms with Crippen LogP contribution >= 0.6 is 0 Å². The van der Waals surface area contributed by atoms with Crippen LogP contribution in [0.15, 0.2) is 0 Å². The van der Waals surface area contributed by atoms with E-state index in [2.05, 4.69) is 44.8 Å². The van der Waals surface area contributed by atoms with Crippen molar-refractivity contribution in [2.75, 3.05) is 19.6 Å². The molecule has 0 aromatic carbocycles. The Morgan fingerprint density at radius 1 is 1.21 bits per heavy atom. The highest BCUT2D eigenvalue weighted by atomic mass is 15.3. The maximum absolute atomic E-state index is 3.88. The van der Waals surface area contributed by atoms with E-state index < -0.39 is 0 Å². The van der Waals surface area contributed by atoms with Gasteiger partial charge in [-0.25, -0.2) is 0 Å². The Kier molecular flexibility index (Phi) is 4.94. The highest BCUT2D eigenvalue weighted by molar-refractivity contribution is 5.04. The molecule has 19 heavy (non-hydrogen) atoms. The van der Waals surface area contributed by atoms with E-state index in [4.69, 9.17) is 0 Å². The fourth-order valence-electron chi connectivity index (χ4n) is 3.66. The van der Waals surface area contributed by atoms with E-state index in [1.54, 1.807) is 0 Å². The minimum absolute atomic E-state index is 0.392. The van der Waals surface area contributed by atoms with Crippen LogP contribution in [0.1, 0.15) is 60.3 Å². The average molecular weight is 266 g/mol. The molecule has 0 amide bonds. The van der Waals surface area contributed by atoms with Gasteiger partial charge in [0.25, 0.3) is 0 Å². The lowest BCUT2D eigenvalue weighted by Crippen LogP contribution is -2.65. The number of hydrogen-bond donors (Lipinski definition) is 1. The Labute approximate surface area is 120 Å². The van der Waals surface area contributed by atoms with Gasteiger partial charge < -0.3 is 5.32 Å². The molecule has 2 nitrogen and oxygen atoms in total. The van der Waals surface area contributed by atoms with E-state index in [0.717, 1.165) is 23.8 Å². The molecule has 0 aromatic rings. The van der Waals surface area contributed by atoms with Crippen LogP contribution in [0, 0.1) is 17.8 Å². The second-order valence-electron chi connectivity index (χ2n) is 7.89. The summed E-state index contributed by atoms with van der Waals surface area (Å²) in [5.41, 5.74) is 0.392. The molecule has 1 aliphatic carbocycles. The van der Waals surface area contributed by atoms with Gasteiger partial charge in [0.05, 0.1) is 0 Å². The molecule has 2 unspecified atom stereocenters. The summed E-state index contributed by atoms with van der Waals surface area (Å²) >= 11 is 0. The van der Waals surface area contributed by atoms with E-state index in [1.807, 2.05) is 0 Å². The minimum atomic E-state index is 0.392. The summed E-state index contributed by atoms with van der Waals surface area (Å²) in [4.78, 5) is 2.79. The number of nitrogens with one attached hydrogen (secondary N) is 1. The Hall–Kier alpha value is -0.0800. The van der Waals surface area contributed by atoms with Gasteiger partial charge in [0.15, 0.2) is 0 Å². The highest BCUT2D eigenvalue weighted by Crippen LogP contribution is 2.41. The van der Waals surface area contributed by atoms with Crippen LogP contribution in [0.25, 0.3) is 0 Å². The van der Waals surface area contributed by atoms with Crippen molar-refractivity contribution in [3.63, 3.8) is 0 Å². The number of piperazine rings is 1. The van der Waals surface area contributed by atoms with E-state index in [0.29, 0.717) is 5.54 Å². The molecule has 1 heterocycles. The van der Waals surface area contributed by atoms with Crippen molar-refractivity contribution in [2.24, 2.45) is 17.8 Å². The predicted molar refractivity (Wildman–Crippen MR) is 83.4 cm³/mol. The first-order valence-electron chi connectivity index (χ1n) is 8.41. The van der Waals surface area contributed by atoms with Crippen LogP contribution in [0.3, 0.4) is 0 Å². The lowest BCUT2D eigenvalue weighted by Gasteiger charge is -2.48. The van der Waals surface area contributed by atoms with E-state index in [9.17, 15) is 0 Å². The molecule has 0 radical (unpaired) electrons. The first kappa shape index (κ1) is 15.3. The van der Waals surface area contributed by atoms with Crippen LogP contribution in [0.4, 0.5) is 0 Å². The van der Waals surface area contributed by atoms with E-state index in [-0.39, 0.29) is 0 Å². The third kappa shape index (κ3) is 3.95. The average Bonchev–Trinajstić information content (AvgIpc) is 3.12. The standard InChI is InChI=1S/C17H34N2/c1-13(2)7-6-10-19-12-17(5,15-8-9-15)18-11-16(19)14(3)4/h13-16,18H,6-12H2,1-5H3. The Morgan fingerprint density at radius 3 is 2.42 bits per heavy atom. The quantitative estimate of drug-likeness (QED) is 0.791. The molecular weight excluding hydrogens is 232 g/mol. The summed E-state index contributed by atoms with van der Waals surface area (Å²) in [5.74, 6) is 2.54. The Balaban J connectivity index is 1.92. The molecular formula is C17H34N2. The maximum Gasteiger partial charge on any atom is 0.0309 e. The van der Waals surface area contributed by atoms with Gasteiger partial charge >= 0.3 is 0 Å². The summed E-state index contributed by atoms with van der Waals surface area (Å²) in [5, 5.41) is 3.88. The van der Waals surface area contributed by atoms with Gasteiger partial charge in [-0.15, -0.1) is 0 Å². The second-order valence-corrected chi connectivity index (χ2v) is 7.89. The summed E-state index contributed by atoms with van der Waals surface area (Å²) in [6.07, 6.45) is 5.61. The molecule has 0 aromatic heterocycles. The predicted octanol–water partition coefficient (Wildman–Crippen LogP) is 3.52. The molecule has 1 saturated carbocycles. The van der Waals surface area contributed by atoms with Gasteiger partial charge in [0.1, 0.15) is 0 Å². The van der Waals surface area contributed by atoms with Crippen molar-refractivity contribution in [1.82, 2.24) is 10.2 Å². The zero-order chi connectivity index (χ0) is 14.0. The van der Waals surface area contributed by atoms with Gasteiger partial charge in [-0.05, 0) is 56.9 Å². The van der Waals surface area contributed by atoms with Crippen LogP contribution in [-0.4, -0.2) is 36.1 Å². The van der Waals surface area contributed by atoms with Crippen molar-refractivity contribution in [3.05, 3.63) is 0 Å². The summed E-state index contributed by atoms with van der Waals surface area (Å²) in [7, 11) is 0. The zero-order valence-electron chi connectivity index (χ0n) is 13.7. The van der Waals surface area contributed by atoms with Gasteiger partial charge in [0.2, 0.25) is 0 Å². The molecule has 2 heteroatoms. The Morgan fingerprint density at radius 2 is 1.89 bits per heavy atom. The number of nitrogens with zero attached hydrogens (tertiary/aromatic N) is 1. The highest BCUT2D eigenvalue weighted by Gasteiger charge is 2.46. The lowest BCUT2D eigenvalue weighted by atomic mass is 9.88. The van der Waals surface area contributed by atoms with Crippen molar-refractivity contribution in [3.8, 4) is 0 Å². The minimum Gasteiger partial charge on any atom is -0.308 e. The van der Waals surface area contributed by atoms with Crippen molar-refractivity contribution in [1.29, 1.82) is 0 Å². The first-order chi connectivity index (χ1) is 8.92. The van der Waals surface area contributed by atoms with Crippen molar-refractivity contribution >= 4 is 0 Å². The topological polar surface area (TPSA) is 15.3 Å². The molecule has 1 N–H and O–H groups in total. The van der Waals surface area contributed by atoms with Gasteiger partial charge in [0, 0.05) is 24.7 Å². The maximum atomic E-state index is 3.88. The summed E-state index contributed by atoms with van der Waals surface area (Å²) < 4.78 is 0.